The molecule has 5 rings (SSSR count). The average molecular weight is 606 g/mol. The molecule has 8 heteroatoms. The smallest absolute Gasteiger partial charge is 0.286 e. The lowest BCUT2D eigenvalue weighted by Crippen LogP contribution is -2.49. The zero-order valence-corrected chi connectivity index (χ0v) is 26.7. The minimum atomic E-state index is -3.18. The van der Waals surface area contributed by atoms with Gasteiger partial charge < -0.3 is 14.4 Å². The van der Waals surface area contributed by atoms with Crippen molar-refractivity contribution < 1.29 is 18.5 Å². The van der Waals surface area contributed by atoms with Gasteiger partial charge in [-0.05, 0) is 92.5 Å². The second kappa shape index (κ2) is 13.0. The highest BCUT2D eigenvalue weighted by molar-refractivity contribution is 7.91. The molecule has 0 saturated heterocycles. The summed E-state index contributed by atoms with van der Waals surface area (Å²) in [5.41, 5.74) is 5.13. The quantitative estimate of drug-likeness (QED) is 0.317. The standard InChI is InChI=1S/C35H47N3O4S/c1-6-9-25(4)21-43(36,40)37-34(39)27-13-16-33-31(19-27)38(20-28-12-14-29(28)32(7-2)41-5)22-35(23-42-33)17-8-10-26-18-24(3)11-15-30(26)35/h6-7,11,13,15-16,18-19,25,28-29,32H,1-2,8-10,12,14,17,20-23H2,3-5H3,(H2,36,37,39,40)/t25-,28-,29+,32-,35-,43?/m0/s1. The van der Waals surface area contributed by atoms with Gasteiger partial charge >= 0.3 is 0 Å². The van der Waals surface area contributed by atoms with Crippen LogP contribution in [0.1, 0.15) is 66.1 Å². The number of hydrogen-bond acceptors (Lipinski definition) is 5. The van der Waals surface area contributed by atoms with Crippen molar-refractivity contribution in [2.24, 2.45) is 27.3 Å². The molecule has 3 aliphatic rings. The Hall–Kier alpha value is -2.94. The number of hydrogen-bond donors (Lipinski definition) is 1. The van der Waals surface area contributed by atoms with Gasteiger partial charge in [-0.2, -0.15) is 0 Å². The van der Waals surface area contributed by atoms with E-state index >= 15 is 0 Å². The van der Waals surface area contributed by atoms with Crippen molar-refractivity contribution in [1.29, 1.82) is 0 Å². The highest BCUT2D eigenvalue weighted by atomic mass is 32.2. The molecule has 2 aromatic carbocycles. The lowest BCUT2D eigenvalue weighted by Gasteiger charge is -2.46. The molecule has 2 aromatic rings. The van der Waals surface area contributed by atoms with Gasteiger partial charge in [0.1, 0.15) is 15.7 Å². The average Bonchev–Trinajstić information content (AvgIpc) is 3.10. The number of methoxy groups -OCH3 is 1. The SMILES string of the molecule is C=CC[C@H](C)CS(N)(=O)=NC(=O)c1ccc2c(c1)N(C[C@@H]1CC[C@H]1[C@H](C=C)OC)C[C@@]1(CCCc3cc(C)ccc31)CO2. The summed E-state index contributed by atoms with van der Waals surface area (Å²) < 4.78 is 29.4. The maximum absolute atomic E-state index is 13.3. The first kappa shape index (κ1) is 31.5. The molecule has 0 aromatic heterocycles. The molecule has 1 spiro atoms. The van der Waals surface area contributed by atoms with Gasteiger partial charge in [0.25, 0.3) is 5.91 Å². The van der Waals surface area contributed by atoms with Crippen molar-refractivity contribution in [3.63, 3.8) is 0 Å². The maximum atomic E-state index is 13.3. The van der Waals surface area contributed by atoms with E-state index in [1.807, 2.05) is 25.1 Å². The van der Waals surface area contributed by atoms with Gasteiger partial charge in [0, 0.05) is 36.9 Å². The largest absolute Gasteiger partial charge is 0.490 e. The van der Waals surface area contributed by atoms with Gasteiger partial charge in [-0.3, -0.25) is 4.79 Å². The van der Waals surface area contributed by atoms with Crippen molar-refractivity contribution in [1.82, 2.24) is 0 Å². The lowest BCUT2D eigenvalue weighted by molar-refractivity contribution is 0.0135. The Bertz CT molecular complexity index is 1500. The zero-order valence-electron chi connectivity index (χ0n) is 25.9. The van der Waals surface area contributed by atoms with Crippen molar-refractivity contribution >= 4 is 21.5 Å². The molecule has 1 heterocycles. The maximum Gasteiger partial charge on any atom is 0.286 e. The van der Waals surface area contributed by atoms with Crippen molar-refractivity contribution in [3.05, 3.63) is 84.0 Å². The molecule has 1 unspecified atom stereocenters. The second-order valence-electron chi connectivity index (χ2n) is 13.0. The predicted molar refractivity (Wildman–Crippen MR) is 175 cm³/mol. The van der Waals surface area contributed by atoms with E-state index < -0.39 is 15.8 Å². The summed E-state index contributed by atoms with van der Waals surface area (Å²) in [4.78, 5) is 15.8. The van der Waals surface area contributed by atoms with E-state index in [9.17, 15) is 9.00 Å². The molecule has 232 valence electrons. The van der Waals surface area contributed by atoms with Crippen LogP contribution >= 0.6 is 0 Å². The first-order valence-corrected chi connectivity index (χ1v) is 17.3. The Kier molecular flexibility index (Phi) is 9.49. The van der Waals surface area contributed by atoms with Crippen molar-refractivity contribution in [3.8, 4) is 5.75 Å². The van der Waals surface area contributed by atoms with E-state index in [4.69, 9.17) is 14.6 Å². The van der Waals surface area contributed by atoms with Gasteiger partial charge in [0.2, 0.25) is 0 Å². The van der Waals surface area contributed by atoms with Crippen LogP contribution in [0.3, 0.4) is 0 Å². The van der Waals surface area contributed by atoms with Crippen LogP contribution in [-0.4, -0.2) is 48.8 Å². The number of benzene rings is 2. The third kappa shape index (κ3) is 6.76. The third-order valence-electron chi connectivity index (χ3n) is 9.67. The van der Waals surface area contributed by atoms with Gasteiger partial charge in [-0.1, -0.05) is 42.8 Å². The number of nitrogens with zero attached hydrogens (tertiary/aromatic N) is 2. The number of aryl methyl sites for hydroxylation is 2. The van der Waals surface area contributed by atoms with Gasteiger partial charge in [-0.25, -0.2) is 9.35 Å². The molecule has 1 aliphatic heterocycles. The highest BCUT2D eigenvalue weighted by Gasteiger charge is 2.44. The Balaban J connectivity index is 1.51. The summed E-state index contributed by atoms with van der Waals surface area (Å²) in [6, 6.07) is 12.3. The topological polar surface area (TPSA) is 94.2 Å². The van der Waals surface area contributed by atoms with E-state index in [0.717, 1.165) is 56.6 Å². The van der Waals surface area contributed by atoms with Crippen LogP contribution in [0.15, 0.2) is 66.1 Å². The summed E-state index contributed by atoms with van der Waals surface area (Å²) in [6.07, 6.45) is 9.78. The van der Waals surface area contributed by atoms with Crippen LogP contribution < -0.4 is 14.8 Å². The molecule has 7 nitrogen and oxygen atoms in total. The monoisotopic (exact) mass is 605 g/mol. The number of carbonyl (C=O) groups is 1. The van der Waals surface area contributed by atoms with E-state index in [-0.39, 0.29) is 23.2 Å². The van der Waals surface area contributed by atoms with Crippen LogP contribution in [-0.2, 0) is 26.5 Å². The number of amides is 1. The number of carbonyl (C=O) groups excluding carboxylic acids is 1. The van der Waals surface area contributed by atoms with E-state index in [1.165, 1.54) is 16.7 Å². The summed E-state index contributed by atoms with van der Waals surface area (Å²) in [6.45, 7) is 14.0. The van der Waals surface area contributed by atoms with Crippen molar-refractivity contribution in [2.75, 3.05) is 37.5 Å². The number of rotatable bonds is 10. The predicted octanol–water partition coefficient (Wildman–Crippen LogP) is 6.39. The van der Waals surface area contributed by atoms with Crippen LogP contribution in [0.2, 0.25) is 0 Å². The molecule has 1 saturated carbocycles. The number of fused-ring (bicyclic) bond motifs is 3. The molecule has 6 atom stereocenters. The van der Waals surface area contributed by atoms with Crippen molar-refractivity contribution in [2.45, 2.75) is 63.9 Å². The summed E-state index contributed by atoms with van der Waals surface area (Å²) >= 11 is 0. The number of ether oxygens (including phenoxy) is 2. The summed E-state index contributed by atoms with van der Waals surface area (Å²) in [7, 11) is -1.43. The summed E-state index contributed by atoms with van der Waals surface area (Å²) in [5.74, 6) is 1.16. The minimum absolute atomic E-state index is 0.0155. The van der Waals surface area contributed by atoms with Crippen LogP contribution in [0.25, 0.3) is 0 Å². The number of nitrogens with two attached hydrogens (primary N) is 1. The van der Waals surface area contributed by atoms with E-state index in [2.05, 4.69) is 47.5 Å². The Morgan fingerprint density at radius 3 is 2.79 bits per heavy atom. The first-order valence-electron chi connectivity index (χ1n) is 15.5. The van der Waals surface area contributed by atoms with Gasteiger partial charge in [0.15, 0.2) is 0 Å². The molecular weight excluding hydrogens is 558 g/mol. The van der Waals surface area contributed by atoms with Crippen LogP contribution in [0, 0.1) is 24.7 Å². The molecule has 0 bridgehead atoms. The molecule has 0 radical (unpaired) electrons. The fraction of sp³-hybridized carbons (Fsp3) is 0.514. The van der Waals surface area contributed by atoms with Crippen LogP contribution in [0.5, 0.6) is 5.75 Å². The minimum Gasteiger partial charge on any atom is -0.490 e. The Labute approximate surface area is 257 Å². The zero-order chi connectivity index (χ0) is 30.8. The molecule has 1 fully saturated rings. The van der Waals surface area contributed by atoms with Gasteiger partial charge in [-0.15, -0.1) is 17.5 Å². The normalized spacial score (nSPS) is 25.5. The third-order valence-corrected chi connectivity index (χ3v) is 11.2. The van der Waals surface area contributed by atoms with E-state index in [1.54, 1.807) is 19.3 Å². The fourth-order valence-electron chi connectivity index (χ4n) is 7.38. The number of anilines is 1. The van der Waals surface area contributed by atoms with E-state index in [0.29, 0.717) is 30.4 Å². The fourth-order valence-corrected chi connectivity index (χ4v) is 8.79. The molecule has 43 heavy (non-hydrogen) atoms. The second-order valence-corrected chi connectivity index (χ2v) is 14.9. The van der Waals surface area contributed by atoms with Crippen LogP contribution in [0.4, 0.5) is 5.69 Å². The Morgan fingerprint density at radius 2 is 2.09 bits per heavy atom. The molecular formula is C35H47N3O4S. The number of allylic oxidation sites excluding steroid dienone is 1. The highest BCUT2D eigenvalue weighted by Crippen LogP contribution is 2.46. The lowest BCUT2D eigenvalue weighted by atomic mass is 9.68. The molecule has 1 amide bonds. The molecule has 2 aliphatic carbocycles. The summed E-state index contributed by atoms with van der Waals surface area (Å²) in [5, 5.41) is 6.04. The van der Waals surface area contributed by atoms with Gasteiger partial charge in [0.05, 0.1) is 18.4 Å². The molecule has 2 N–H and O–H groups in total. The Morgan fingerprint density at radius 1 is 1.28 bits per heavy atom. The first-order chi connectivity index (χ1) is 20.6.